The Hall–Kier alpha value is -1.74. The van der Waals surface area contributed by atoms with Crippen molar-refractivity contribution in [1.29, 1.82) is 0 Å². The largest absolute Gasteiger partial charge is 0.497 e. The molecule has 0 spiro atoms. The molecule has 1 aromatic heterocycles. The van der Waals surface area contributed by atoms with Crippen molar-refractivity contribution in [3.8, 4) is 5.75 Å². The fourth-order valence-electron chi connectivity index (χ4n) is 2.78. The standard InChI is InChI=1S/C18H23NO2/c1-12-4-11-17(21-12)13(2)19-18(14-5-6-14)15-7-9-16(20-3)10-8-15/h4,7-11,13-14,18-19H,5-6H2,1-3H3. The maximum Gasteiger partial charge on any atom is 0.120 e. The van der Waals surface area contributed by atoms with E-state index in [1.54, 1.807) is 7.11 Å². The van der Waals surface area contributed by atoms with Crippen LogP contribution in [0.1, 0.15) is 48.9 Å². The summed E-state index contributed by atoms with van der Waals surface area (Å²) in [5.41, 5.74) is 1.33. The summed E-state index contributed by atoms with van der Waals surface area (Å²) in [4.78, 5) is 0. The Morgan fingerprint density at radius 2 is 1.86 bits per heavy atom. The van der Waals surface area contributed by atoms with E-state index in [2.05, 4.69) is 30.4 Å². The Bertz CT molecular complexity index is 584. The summed E-state index contributed by atoms with van der Waals surface area (Å²) in [5, 5.41) is 3.73. The lowest BCUT2D eigenvalue weighted by atomic mass is 10.0. The highest BCUT2D eigenvalue weighted by atomic mass is 16.5. The van der Waals surface area contributed by atoms with E-state index in [1.165, 1.54) is 18.4 Å². The van der Waals surface area contributed by atoms with Crippen LogP contribution < -0.4 is 10.1 Å². The zero-order valence-electron chi connectivity index (χ0n) is 12.9. The van der Waals surface area contributed by atoms with E-state index in [-0.39, 0.29) is 6.04 Å². The smallest absolute Gasteiger partial charge is 0.120 e. The third kappa shape index (κ3) is 3.30. The van der Waals surface area contributed by atoms with Gasteiger partial charge in [0.25, 0.3) is 0 Å². The zero-order valence-corrected chi connectivity index (χ0v) is 12.9. The minimum atomic E-state index is 0.214. The van der Waals surface area contributed by atoms with E-state index in [0.29, 0.717) is 6.04 Å². The molecular formula is C18H23NO2. The molecular weight excluding hydrogens is 262 g/mol. The topological polar surface area (TPSA) is 34.4 Å². The Kier molecular flexibility index (Phi) is 4.02. The van der Waals surface area contributed by atoms with Crippen molar-refractivity contribution < 1.29 is 9.15 Å². The second kappa shape index (κ2) is 5.94. The van der Waals surface area contributed by atoms with Gasteiger partial charge in [-0.3, -0.25) is 0 Å². The maximum absolute atomic E-state index is 5.74. The minimum absolute atomic E-state index is 0.214. The highest BCUT2D eigenvalue weighted by Crippen LogP contribution is 2.42. The van der Waals surface area contributed by atoms with E-state index >= 15 is 0 Å². The van der Waals surface area contributed by atoms with E-state index in [4.69, 9.17) is 9.15 Å². The SMILES string of the molecule is COc1ccc(C(NC(C)c2ccc(C)o2)C2CC2)cc1. The van der Waals surface area contributed by atoms with E-state index in [0.717, 1.165) is 23.2 Å². The van der Waals surface area contributed by atoms with Crippen LogP contribution in [0.4, 0.5) is 0 Å². The van der Waals surface area contributed by atoms with Crippen LogP contribution in [0, 0.1) is 12.8 Å². The quantitative estimate of drug-likeness (QED) is 0.854. The normalized spacial score (nSPS) is 17.5. The molecule has 1 N–H and O–H groups in total. The number of methoxy groups -OCH3 is 1. The summed E-state index contributed by atoms with van der Waals surface area (Å²) in [6.45, 7) is 4.15. The molecule has 1 aliphatic rings. The van der Waals surface area contributed by atoms with Gasteiger partial charge in [-0.1, -0.05) is 12.1 Å². The van der Waals surface area contributed by atoms with E-state index in [1.807, 2.05) is 25.1 Å². The molecule has 3 nitrogen and oxygen atoms in total. The lowest BCUT2D eigenvalue weighted by molar-refractivity contribution is 0.365. The third-order valence-corrected chi connectivity index (χ3v) is 4.19. The Morgan fingerprint density at radius 1 is 1.14 bits per heavy atom. The Labute approximate surface area is 126 Å². The van der Waals surface area contributed by atoms with Crippen LogP contribution in [0.5, 0.6) is 5.75 Å². The maximum atomic E-state index is 5.74. The summed E-state index contributed by atoms with van der Waals surface area (Å²) in [6.07, 6.45) is 2.60. The molecule has 2 atom stereocenters. The number of aryl methyl sites for hydroxylation is 1. The van der Waals surface area contributed by atoms with Gasteiger partial charge in [0.05, 0.1) is 13.2 Å². The van der Waals surface area contributed by atoms with Gasteiger partial charge < -0.3 is 14.5 Å². The van der Waals surface area contributed by atoms with E-state index in [9.17, 15) is 0 Å². The first-order valence-electron chi connectivity index (χ1n) is 7.63. The van der Waals surface area contributed by atoms with Crippen molar-refractivity contribution in [3.63, 3.8) is 0 Å². The molecule has 1 aliphatic carbocycles. The minimum Gasteiger partial charge on any atom is -0.497 e. The van der Waals surface area contributed by atoms with Crippen molar-refractivity contribution in [1.82, 2.24) is 5.32 Å². The van der Waals surface area contributed by atoms with Crippen molar-refractivity contribution in [2.75, 3.05) is 7.11 Å². The fraction of sp³-hybridized carbons (Fsp3) is 0.444. The molecule has 21 heavy (non-hydrogen) atoms. The first-order chi connectivity index (χ1) is 10.2. The van der Waals surface area contributed by atoms with Crippen LogP contribution in [0.15, 0.2) is 40.8 Å². The van der Waals surface area contributed by atoms with Crippen LogP contribution in [0.2, 0.25) is 0 Å². The zero-order chi connectivity index (χ0) is 14.8. The molecule has 0 bridgehead atoms. The number of rotatable bonds is 6. The number of benzene rings is 1. The molecule has 112 valence electrons. The van der Waals surface area contributed by atoms with Gasteiger partial charge in [0.15, 0.2) is 0 Å². The Balaban J connectivity index is 1.75. The first kappa shape index (κ1) is 14.2. The second-order valence-corrected chi connectivity index (χ2v) is 5.93. The molecule has 2 aromatic rings. The van der Waals surface area contributed by atoms with Gasteiger partial charge in [-0.25, -0.2) is 0 Å². The highest BCUT2D eigenvalue weighted by molar-refractivity contribution is 5.30. The van der Waals surface area contributed by atoms with Gasteiger partial charge in [0.1, 0.15) is 17.3 Å². The number of furan rings is 1. The van der Waals surface area contributed by atoms with E-state index < -0.39 is 0 Å². The van der Waals surface area contributed by atoms with Crippen LogP contribution in [0.3, 0.4) is 0 Å². The molecule has 2 unspecified atom stereocenters. The van der Waals surface area contributed by atoms with Crippen LogP contribution >= 0.6 is 0 Å². The summed E-state index contributed by atoms with van der Waals surface area (Å²) < 4.78 is 11.0. The average Bonchev–Trinajstić information content (AvgIpc) is 3.25. The molecule has 3 rings (SSSR count). The van der Waals surface area contributed by atoms with Crippen molar-refractivity contribution in [2.45, 2.75) is 38.8 Å². The predicted molar refractivity (Wildman–Crippen MR) is 83.5 cm³/mol. The third-order valence-electron chi connectivity index (χ3n) is 4.19. The molecule has 1 saturated carbocycles. The lowest BCUT2D eigenvalue weighted by Crippen LogP contribution is -2.26. The van der Waals surface area contributed by atoms with Crippen molar-refractivity contribution in [3.05, 3.63) is 53.5 Å². The molecule has 3 heteroatoms. The molecule has 0 amide bonds. The number of hydrogen-bond acceptors (Lipinski definition) is 3. The predicted octanol–water partition coefficient (Wildman–Crippen LogP) is 4.40. The van der Waals surface area contributed by atoms with Gasteiger partial charge in [-0.05, 0) is 62.4 Å². The van der Waals surface area contributed by atoms with Gasteiger partial charge in [0.2, 0.25) is 0 Å². The fourth-order valence-corrected chi connectivity index (χ4v) is 2.78. The number of nitrogens with one attached hydrogen (secondary N) is 1. The molecule has 1 heterocycles. The lowest BCUT2D eigenvalue weighted by Gasteiger charge is -2.23. The van der Waals surface area contributed by atoms with Gasteiger partial charge in [0, 0.05) is 6.04 Å². The van der Waals surface area contributed by atoms with Crippen LogP contribution in [0.25, 0.3) is 0 Å². The molecule has 1 fully saturated rings. The van der Waals surface area contributed by atoms with Gasteiger partial charge in [-0.15, -0.1) is 0 Å². The summed E-state index contributed by atoms with van der Waals surface area (Å²) in [6, 6.07) is 13.1. The molecule has 0 aliphatic heterocycles. The summed E-state index contributed by atoms with van der Waals surface area (Å²) in [5.74, 6) is 3.61. The van der Waals surface area contributed by atoms with Gasteiger partial charge in [-0.2, -0.15) is 0 Å². The molecule has 1 aromatic carbocycles. The van der Waals surface area contributed by atoms with Gasteiger partial charge >= 0.3 is 0 Å². The summed E-state index contributed by atoms with van der Waals surface area (Å²) in [7, 11) is 1.70. The number of ether oxygens (including phenoxy) is 1. The molecule has 0 saturated heterocycles. The van der Waals surface area contributed by atoms with Crippen molar-refractivity contribution >= 4 is 0 Å². The van der Waals surface area contributed by atoms with Crippen LogP contribution in [-0.2, 0) is 0 Å². The first-order valence-corrected chi connectivity index (χ1v) is 7.63. The monoisotopic (exact) mass is 285 g/mol. The van der Waals surface area contributed by atoms with Crippen LogP contribution in [-0.4, -0.2) is 7.11 Å². The number of hydrogen-bond donors (Lipinski definition) is 1. The second-order valence-electron chi connectivity index (χ2n) is 5.93. The Morgan fingerprint density at radius 3 is 2.38 bits per heavy atom. The van der Waals surface area contributed by atoms with Crippen molar-refractivity contribution in [2.24, 2.45) is 5.92 Å². The molecule has 0 radical (unpaired) electrons. The average molecular weight is 285 g/mol. The highest BCUT2D eigenvalue weighted by Gasteiger charge is 2.33. The summed E-state index contributed by atoms with van der Waals surface area (Å²) >= 11 is 0.